The number of hydrogen-bond acceptors (Lipinski definition) is 2. The van der Waals surface area contributed by atoms with Gasteiger partial charge >= 0.3 is 6.18 Å². The van der Waals surface area contributed by atoms with E-state index in [1.165, 1.54) is 19.1 Å². The molecule has 0 spiro atoms. The third kappa shape index (κ3) is 3.20. The summed E-state index contributed by atoms with van der Waals surface area (Å²) in [6.45, 7) is 4.64. The van der Waals surface area contributed by atoms with Gasteiger partial charge in [-0.2, -0.15) is 13.2 Å². The van der Waals surface area contributed by atoms with E-state index in [1.807, 2.05) is 6.92 Å². The average molecular weight is 300 g/mol. The molecule has 1 unspecified atom stereocenters. The van der Waals surface area contributed by atoms with Crippen molar-refractivity contribution in [1.29, 1.82) is 0 Å². The molecule has 6 heteroatoms. The number of rotatable bonds is 3. The van der Waals surface area contributed by atoms with Crippen LogP contribution in [0.4, 0.5) is 18.9 Å². The van der Waals surface area contributed by atoms with Crippen molar-refractivity contribution in [3.8, 4) is 0 Å². The number of benzene rings is 1. The molecule has 21 heavy (non-hydrogen) atoms. The highest BCUT2D eigenvalue weighted by Crippen LogP contribution is 2.35. The third-order valence-corrected chi connectivity index (χ3v) is 4.20. The average Bonchev–Trinajstić information content (AvgIpc) is 2.89. The molecule has 2 N–H and O–H groups in total. The molecular formula is C15H19F3N2O. The van der Waals surface area contributed by atoms with Gasteiger partial charge in [0.15, 0.2) is 0 Å². The fourth-order valence-electron chi connectivity index (χ4n) is 2.67. The van der Waals surface area contributed by atoms with E-state index < -0.39 is 17.2 Å². The quantitative estimate of drug-likeness (QED) is 0.899. The Labute approximate surface area is 121 Å². The van der Waals surface area contributed by atoms with Gasteiger partial charge in [-0.1, -0.05) is 13.0 Å². The van der Waals surface area contributed by atoms with E-state index in [2.05, 4.69) is 10.6 Å². The number of carbonyl (C=O) groups excluding carboxylic acids is 1. The highest BCUT2D eigenvalue weighted by molar-refractivity contribution is 5.95. The molecule has 0 bridgehead atoms. The van der Waals surface area contributed by atoms with Crippen LogP contribution in [0.25, 0.3) is 0 Å². The van der Waals surface area contributed by atoms with E-state index in [1.54, 1.807) is 0 Å². The number of aryl methyl sites for hydroxylation is 1. The van der Waals surface area contributed by atoms with Crippen LogP contribution in [0.5, 0.6) is 0 Å². The monoisotopic (exact) mass is 300 g/mol. The van der Waals surface area contributed by atoms with Crippen molar-refractivity contribution in [2.24, 2.45) is 5.41 Å². The first kappa shape index (κ1) is 15.8. The van der Waals surface area contributed by atoms with Gasteiger partial charge in [-0.3, -0.25) is 4.79 Å². The lowest BCUT2D eigenvalue weighted by atomic mass is 9.83. The topological polar surface area (TPSA) is 41.1 Å². The SMILES string of the molecule is CCC1(C(=O)Nc2ccc(C)c(C(F)(F)F)c2)CCNC1. The molecule has 1 atom stereocenters. The molecule has 3 nitrogen and oxygen atoms in total. The Morgan fingerprint density at radius 2 is 2.14 bits per heavy atom. The Balaban J connectivity index is 2.22. The molecule has 1 aliphatic heterocycles. The van der Waals surface area contributed by atoms with Gasteiger partial charge in [0, 0.05) is 12.2 Å². The molecule has 1 fully saturated rings. The number of anilines is 1. The van der Waals surface area contributed by atoms with Crippen molar-refractivity contribution in [2.45, 2.75) is 32.9 Å². The van der Waals surface area contributed by atoms with E-state index in [0.717, 1.165) is 12.6 Å². The van der Waals surface area contributed by atoms with Gasteiger partial charge in [0.25, 0.3) is 0 Å². The van der Waals surface area contributed by atoms with Crippen molar-refractivity contribution in [1.82, 2.24) is 5.32 Å². The van der Waals surface area contributed by atoms with Crippen LogP contribution in [-0.2, 0) is 11.0 Å². The molecule has 0 aliphatic carbocycles. The summed E-state index contributed by atoms with van der Waals surface area (Å²) in [6, 6.07) is 3.89. The first-order valence-corrected chi connectivity index (χ1v) is 6.98. The zero-order valence-corrected chi connectivity index (χ0v) is 12.1. The van der Waals surface area contributed by atoms with Gasteiger partial charge in [-0.25, -0.2) is 0 Å². The highest BCUT2D eigenvalue weighted by atomic mass is 19.4. The number of halogens is 3. The number of amides is 1. The van der Waals surface area contributed by atoms with Crippen LogP contribution in [-0.4, -0.2) is 19.0 Å². The van der Waals surface area contributed by atoms with Crippen molar-refractivity contribution >= 4 is 11.6 Å². The van der Waals surface area contributed by atoms with Crippen LogP contribution in [0.2, 0.25) is 0 Å². The molecule has 1 heterocycles. The summed E-state index contributed by atoms with van der Waals surface area (Å²) in [7, 11) is 0. The maximum Gasteiger partial charge on any atom is 0.416 e. The predicted molar refractivity (Wildman–Crippen MR) is 75.0 cm³/mol. The fourth-order valence-corrected chi connectivity index (χ4v) is 2.67. The van der Waals surface area contributed by atoms with Gasteiger partial charge in [0.2, 0.25) is 5.91 Å². The van der Waals surface area contributed by atoms with Crippen molar-refractivity contribution in [2.75, 3.05) is 18.4 Å². The van der Waals surface area contributed by atoms with Crippen LogP contribution in [0.3, 0.4) is 0 Å². The van der Waals surface area contributed by atoms with E-state index in [4.69, 9.17) is 0 Å². The molecule has 0 radical (unpaired) electrons. The summed E-state index contributed by atoms with van der Waals surface area (Å²) in [4.78, 5) is 12.4. The molecule has 0 saturated carbocycles. The maximum absolute atomic E-state index is 12.9. The van der Waals surface area contributed by atoms with Crippen molar-refractivity contribution < 1.29 is 18.0 Å². The minimum atomic E-state index is -4.41. The molecule has 1 aromatic carbocycles. The smallest absolute Gasteiger partial charge is 0.326 e. The first-order valence-electron chi connectivity index (χ1n) is 6.98. The van der Waals surface area contributed by atoms with Crippen LogP contribution >= 0.6 is 0 Å². The van der Waals surface area contributed by atoms with Crippen LogP contribution < -0.4 is 10.6 Å². The number of hydrogen-bond donors (Lipinski definition) is 2. The summed E-state index contributed by atoms with van der Waals surface area (Å²) in [5, 5.41) is 5.77. The van der Waals surface area contributed by atoms with Crippen molar-refractivity contribution in [3.05, 3.63) is 29.3 Å². The standard InChI is InChI=1S/C15H19F3N2O/c1-3-14(6-7-19-9-14)13(21)20-11-5-4-10(2)12(8-11)15(16,17)18/h4-5,8,19H,3,6-7,9H2,1-2H3,(H,20,21). The van der Waals surface area contributed by atoms with Gasteiger partial charge < -0.3 is 10.6 Å². The van der Waals surface area contributed by atoms with E-state index in [9.17, 15) is 18.0 Å². The summed E-state index contributed by atoms with van der Waals surface area (Å²) in [5.74, 6) is -0.216. The predicted octanol–water partition coefficient (Wildman–Crippen LogP) is 3.34. The summed E-state index contributed by atoms with van der Waals surface area (Å²) in [5.41, 5.74) is -0.898. The lowest BCUT2D eigenvalue weighted by Crippen LogP contribution is -2.37. The fraction of sp³-hybridized carbons (Fsp3) is 0.533. The Kier molecular flexibility index (Phi) is 4.27. The second-order valence-electron chi connectivity index (χ2n) is 5.54. The Hall–Kier alpha value is -1.56. The summed E-state index contributed by atoms with van der Waals surface area (Å²) >= 11 is 0. The normalized spacial score (nSPS) is 22.3. The zero-order chi connectivity index (χ0) is 15.7. The number of carbonyl (C=O) groups is 1. The molecule has 1 aliphatic rings. The van der Waals surface area contributed by atoms with E-state index in [-0.39, 0.29) is 17.2 Å². The van der Waals surface area contributed by atoms with E-state index in [0.29, 0.717) is 19.4 Å². The van der Waals surface area contributed by atoms with Gasteiger partial charge in [-0.05, 0) is 44.0 Å². The van der Waals surface area contributed by atoms with E-state index >= 15 is 0 Å². The molecule has 1 aromatic rings. The third-order valence-electron chi connectivity index (χ3n) is 4.20. The molecule has 2 rings (SSSR count). The summed E-state index contributed by atoms with van der Waals surface area (Å²) in [6.07, 6.45) is -3.06. The highest BCUT2D eigenvalue weighted by Gasteiger charge is 2.39. The Morgan fingerprint density at radius 1 is 1.43 bits per heavy atom. The van der Waals surface area contributed by atoms with Gasteiger partial charge in [-0.15, -0.1) is 0 Å². The minimum Gasteiger partial charge on any atom is -0.326 e. The molecule has 0 aromatic heterocycles. The second-order valence-corrected chi connectivity index (χ2v) is 5.54. The largest absolute Gasteiger partial charge is 0.416 e. The second kappa shape index (κ2) is 5.67. The molecule has 116 valence electrons. The lowest BCUT2D eigenvalue weighted by Gasteiger charge is -2.25. The van der Waals surface area contributed by atoms with Gasteiger partial charge in [0.05, 0.1) is 11.0 Å². The maximum atomic E-state index is 12.9. The molecule has 1 saturated heterocycles. The van der Waals surface area contributed by atoms with Crippen molar-refractivity contribution in [3.63, 3.8) is 0 Å². The molecular weight excluding hydrogens is 281 g/mol. The van der Waals surface area contributed by atoms with Crippen LogP contribution in [0, 0.1) is 12.3 Å². The summed E-state index contributed by atoms with van der Waals surface area (Å²) < 4.78 is 38.7. The lowest BCUT2D eigenvalue weighted by molar-refractivity contribution is -0.138. The Bertz CT molecular complexity index is 534. The molecule has 1 amide bonds. The van der Waals surface area contributed by atoms with Crippen LogP contribution in [0.15, 0.2) is 18.2 Å². The number of alkyl halides is 3. The minimum absolute atomic E-state index is 0.147. The van der Waals surface area contributed by atoms with Gasteiger partial charge in [0.1, 0.15) is 0 Å². The number of nitrogens with one attached hydrogen (secondary N) is 2. The van der Waals surface area contributed by atoms with Crippen LogP contribution in [0.1, 0.15) is 30.9 Å². The first-order chi connectivity index (χ1) is 9.78. The Morgan fingerprint density at radius 3 is 2.67 bits per heavy atom. The zero-order valence-electron chi connectivity index (χ0n) is 12.1.